The molecule has 2 N–H and O–H groups in total. The molecule has 4 rings (SSSR count). The molecule has 156 valence electrons. The average Bonchev–Trinajstić information content (AvgIpc) is 3.14. The van der Waals surface area contributed by atoms with E-state index in [1.165, 1.54) is 6.92 Å². The first-order chi connectivity index (χ1) is 15.0. The number of nitrogens with one attached hydrogen (secondary N) is 2. The smallest absolute Gasteiger partial charge is 0.375 e. The van der Waals surface area contributed by atoms with Crippen molar-refractivity contribution >= 4 is 39.5 Å². The monoisotopic (exact) mass is 416 g/mol. The second-order valence-electron chi connectivity index (χ2n) is 7.08. The number of hydrogen-bond acceptors (Lipinski definition) is 5. The number of ether oxygens (including phenoxy) is 1. The Kier molecular flexibility index (Phi) is 5.41. The molecule has 1 aromatic heterocycles. The summed E-state index contributed by atoms with van der Waals surface area (Å²) in [5, 5.41) is 2.68. The topological polar surface area (TPSA) is 97.6 Å². The maximum Gasteiger partial charge on any atom is 0.375 e. The van der Waals surface area contributed by atoms with E-state index in [4.69, 9.17) is 9.15 Å². The number of hydrogen-bond donors (Lipinski definition) is 2. The van der Waals surface area contributed by atoms with Crippen LogP contribution in [0, 0.1) is 6.92 Å². The Morgan fingerprint density at radius 3 is 2.35 bits per heavy atom. The van der Waals surface area contributed by atoms with Gasteiger partial charge in [-0.05, 0) is 31.4 Å². The van der Waals surface area contributed by atoms with E-state index in [1.807, 2.05) is 36.4 Å². The van der Waals surface area contributed by atoms with E-state index in [0.29, 0.717) is 16.7 Å². The van der Waals surface area contributed by atoms with E-state index >= 15 is 0 Å². The number of rotatable bonds is 4. The number of furan rings is 1. The average molecular weight is 416 g/mol. The van der Waals surface area contributed by atoms with Crippen molar-refractivity contribution < 1.29 is 23.5 Å². The lowest BCUT2D eigenvalue weighted by atomic mass is 10.1. The lowest BCUT2D eigenvalue weighted by molar-refractivity contribution is -0.129. The molecule has 1 atom stereocenters. The first kappa shape index (κ1) is 20.2. The first-order valence-electron chi connectivity index (χ1n) is 9.73. The summed E-state index contributed by atoms with van der Waals surface area (Å²) in [6.07, 6.45) is -1.15. The molecule has 0 bridgehead atoms. The van der Waals surface area contributed by atoms with Gasteiger partial charge in [-0.1, -0.05) is 54.6 Å². The summed E-state index contributed by atoms with van der Waals surface area (Å²) in [6.45, 7) is 3.18. The Morgan fingerprint density at radius 1 is 0.871 bits per heavy atom. The van der Waals surface area contributed by atoms with Crippen molar-refractivity contribution in [1.29, 1.82) is 0 Å². The molecule has 0 aliphatic carbocycles. The van der Waals surface area contributed by atoms with Crippen molar-refractivity contribution in [1.82, 2.24) is 10.9 Å². The van der Waals surface area contributed by atoms with Gasteiger partial charge in [-0.3, -0.25) is 20.4 Å². The normalized spacial score (nSPS) is 11.8. The van der Waals surface area contributed by atoms with Gasteiger partial charge in [0.1, 0.15) is 5.58 Å². The third kappa shape index (κ3) is 3.98. The lowest BCUT2D eigenvalue weighted by Crippen LogP contribution is -2.46. The zero-order valence-electron chi connectivity index (χ0n) is 17.0. The van der Waals surface area contributed by atoms with Gasteiger partial charge < -0.3 is 9.15 Å². The van der Waals surface area contributed by atoms with Gasteiger partial charge in [-0.2, -0.15) is 0 Å². The highest BCUT2D eigenvalue weighted by molar-refractivity contribution is 6.08. The molecule has 31 heavy (non-hydrogen) atoms. The van der Waals surface area contributed by atoms with Gasteiger partial charge in [0.2, 0.25) is 5.76 Å². The Hall–Kier alpha value is -4.13. The van der Waals surface area contributed by atoms with Crippen molar-refractivity contribution in [2.45, 2.75) is 20.0 Å². The van der Waals surface area contributed by atoms with E-state index in [0.717, 1.165) is 16.2 Å². The van der Waals surface area contributed by atoms with Gasteiger partial charge >= 0.3 is 5.97 Å². The highest BCUT2D eigenvalue weighted by atomic mass is 16.6. The summed E-state index contributed by atoms with van der Waals surface area (Å²) in [4.78, 5) is 36.9. The molecule has 2 amide bonds. The fourth-order valence-corrected chi connectivity index (χ4v) is 3.29. The number of aryl methyl sites for hydroxylation is 1. The van der Waals surface area contributed by atoms with Crippen LogP contribution in [-0.2, 0) is 9.53 Å². The molecule has 0 saturated heterocycles. The molecule has 4 aromatic rings. The molecule has 0 radical (unpaired) electrons. The number of carbonyl (C=O) groups is 3. The Bertz CT molecular complexity index is 1290. The van der Waals surface area contributed by atoms with E-state index < -0.39 is 23.9 Å². The molecule has 0 fully saturated rings. The van der Waals surface area contributed by atoms with Crippen LogP contribution in [0.2, 0.25) is 0 Å². The Labute approximate surface area is 178 Å². The predicted molar refractivity (Wildman–Crippen MR) is 115 cm³/mol. The summed E-state index contributed by atoms with van der Waals surface area (Å²) in [5.74, 6) is -1.86. The van der Waals surface area contributed by atoms with Gasteiger partial charge in [-0.25, -0.2) is 4.79 Å². The highest BCUT2D eigenvalue weighted by Gasteiger charge is 2.25. The molecular weight excluding hydrogens is 396 g/mol. The third-order valence-electron chi connectivity index (χ3n) is 5.00. The SMILES string of the molecule is Cc1c(C(=O)O[C@@H](C)C(=O)NNC(=O)c2ccccc2)oc2c1ccc1ccccc12. The van der Waals surface area contributed by atoms with Gasteiger partial charge in [0.15, 0.2) is 6.10 Å². The Morgan fingerprint density at radius 2 is 1.58 bits per heavy atom. The van der Waals surface area contributed by atoms with E-state index in [2.05, 4.69) is 10.9 Å². The zero-order valence-corrected chi connectivity index (χ0v) is 17.0. The third-order valence-corrected chi connectivity index (χ3v) is 5.00. The fraction of sp³-hybridized carbons (Fsp3) is 0.125. The maximum absolute atomic E-state index is 12.7. The molecule has 0 unspecified atom stereocenters. The number of esters is 1. The highest BCUT2D eigenvalue weighted by Crippen LogP contribution is 2.32. The van der Waals surface area contributed by atoms with Crippen molar-refractivity contribution in [3.63, 3.8) is 0 Å². The molecule has 0 aliphatic heterocycles. The summed E-state index contributed by atoms with van der Waals surface area (Å²) in [6, 6.07) is 20.0. The Balaban J connectivity index is 1.45. The van der Waals surface area contributed by atoms with Gasteiger partial charge in [0, 0.05) is 21.9 Å². The van der Waals surface area contributed by atoms with Crippen molar-refractivity contribution in [2.24, 2.45) is 0 Å². The molecule has 0 saturated carbocycles. The number of benzene rings is 3. The van der Waals surface area contributed by atoms with E-state index in [9.17, 15) is 14.4 Å². The largest absolute Gasteiger partial charge is 0.448 e. The molecular formula is C24H20N2O5. The predicted octanol–water partition coefficient (Wildman–Crippen LogP) is 3.90. The second kappa shape index (κ2) is 8.31. The van der Waals surface area contributed by atoms with Crippen LogP contribution in [0.4, 0.5) is 0 Å². The van der Waals surface area contributed by atoms with Gasteiger partial charge in [0.25, 0.3) is 11.8 Å². The van der Waals surface area contributed by atoms with Crippen molar-refractivity contribution in [2.75, 3.05) is 0 Å². The van der Waals surface area contributed by atoms with Gasteiger partial charge in [-0.15, -0.1) is 0 Å². The van der Waals surface area contributed by atoms with Crippen molar-refractivity contribution in [3.8, 4) is 0 Å². The number of carbonyl (C=O) groups excluding carboxylic acids is 3. The minimum absolute atomic E-state index is 0.0410. The fourth-order valence-electron chi connectivity index (χ4n) is 3.29. The van der Waals surface area contributed by atoms with E-state index in [1.54, 1.807) is 37.3 Å². The number of amides is 2. The molecule has 0 aliphatic rings. The van der Waals surface area contributed by atoms with Crippen LogP contribution in [0.5, 0.6) is 0 Å². The van der Waals surface area contributed by atoms with Gasteiger partial charge in [0.05, 0.1) is 0 Å². The summed E-state index contributed by atoms with van der Waals surface area (Å²) in [7, 11) is 0. The molecule has 7 nitrogen and oxygen atoms in total. The lowest BCUT2D eigenvalue weighted by Gasteiger charge is -2.13. The first-order valence-corrected chi connectivity index (χ1v) is 9.73. The molecule has 0 spiro atoms. The van der Waals surface area contributed by atoms with Crippen LogP contribution in [0.1, 0.15) is 33.4 Å². The van der Waals surface area contributed by atoms with Crippen LogP contribution in [0.3, 0.4) is 0 Å². The van der Waals surface area contributed by atoms with Crippen LogP contribution >= 0.6 is 0 Å². The minimum Gasteiger partial charge on any atom is -0.448 e. The van der Waals surface area contributed by atoms with E-state index in [-0.39, 0.29) is 5.76 Å². The summed E-state index contributed by atoms with van der Waals surface area (Å²) in [5.41, 5.74) is 6.16. The van der Waals surface area contributed by atoms with Crippen LogP contribution in [0.25, 0.3) is 21.7 Å². The summed E-state index contributed by atoms with van der Waals surface area (Å²) < 4.78 is 11.1. The quantitative estimate of drug-likeness (QED) is 0.388. The number of fused-ring (bicyclic) bond motifs is 3. The van der Waals surface area contributed by atoms with Crippen molar-refractivity contribution in [3.05, 3.63) is 83.6 Å². The number of hydrazine groups is 1. The zero-order chi connectivity index (χ0) is 22.0. The minimum atomic E-state index is -1.15. The summed E-state index contributed by atoms with van der Waals surface area (Å²) >= 11 is 0. The molecule has 1 heterocycles. The second-order valence-corrected chi connectivity index (χ2v) is 7.08. The molecule has 3 aromatic carbocycles. The molecule has 7 heteroatoms. The van der Waals surface area contributed by atoms with Crippen LogP contribution in [0.15, 0.2) is 71.1 Å². The maximum atomic E-state index is 12.7. The van der Waals surface area contributed by atoms with Crippen LogP contribution < -0.4 is 10.9 Å². The van der Waals surface area contributed by atoms with Crippen LogP contribution in [-0.4, -0.2) is 23.9 Å². The standard InChI is InChI=1S/C24H20N2O5/c1-14-18-13-12-16-8-6-7-11-19(16)21(18)31-20(14)24(29)30-15(2)22(27)25-26-23(28)17-9-4-3-5-10-17/h3-13,15H,1-2H3,(H,25,27)(H,26,28)/t15-/m0/s1.